The van der Waals surface area contributed by atoms with E-state index in [1.165, 1.54) is 33.7 Å². The topological polar surface area (TPSA) is 67.0 Å². The number of hydrogen-bond donors (Lipinski definition) is 2. The number of hydrogen-bond acceptors (Lipinski definition) is 3. The number of carbonyl (C=O) groups is 1. The van der Waals surface area contributed by atoms with Gasteiger partial charge in [0.2, 0.25) is 5.91 Å². The summed E-state index contributed by atoms with van der Waals surface area (Å²) in [6.45, 7) is 4.96. The zero-order valence-electron chi connectivity index (χ0n) is 14.8. The van der Waals surface area contributed by atoms with Gasteiger partial charge in [-0.1, -0.05) is 18.7 Å². The van der Waals surface area contributed by atoms with E-state index in [0.29, 0.717) is 6.61 Å². The van der Waals surface area contributed by atoms with E-state index in [-0.39, 0.29) is 11.9 Å². The van der Waals surface area contributed by atoms with E-state index >= 15 is 0 Å². The van der Waals surface area contributed by atoms with E-state index < -0.39 is 0 Å². The number of rotatable bonds is 4. The van der Waals surface area contributed by atoms with E-state index in [9.17, 15) is 4.79 Å². The molecule has 5 heteroatoms. The molecule has 4 rings (SSSR count). The van der Waals surface area contributed by atoms with Gasteiger partial charge in [0.1, 0.15) is 5.65 Å². The summed E-state index contributed by atoms with van der Waals surface area (Å²) in [6.07, 6.45) is 13.3. The lowest BCUT2D eigenvalue weighted by Crippen LogP contribution is -2.34. The molecule has 2 N–H and O–H groups in total. The van der Waals surface area contributed by atoms with Gasteiger partial charge in [-0.15, -0.1) is 0 Å². The van der Waals surface area contributed by atoms with Gasteiger partial charge in [-0.05, 0) is 54.5 Å². The van der Waals surface area contributed by atoms with Gasteiger partial charge in [-0.2, -0.15) is 0 Å². The predicted molar refractivity (Wildman–Crippen MR) is 103 cm³/mol. The van der Waals surface area contributed by atoms with Crippen molar-refractivity contribution in [3.05, 3.63) is 54.4 Å². The Bertz CT molecular complexity index is 907. The standard InChI is InChI=1S/C21H23N3O2/c1-2-19(25)24-16-5-3-4-15(12-16)17-6-9-22-21-20(17)18(13-23-21)14-7-10-26-11-8-14/h2,4,6-7,9,13,16H,1,3,5,8,10-12H2,(H,22,23)(H,24,25). The highest BCUT2D eigenvalue weighted by molar-refractivity contribution is 5.99. The van der Waals surface area contributed by atoms with Crippen LogP contribution in [0.3, 0.4) is 0 Å². The fourth-order valence-corrected chi connectivity index (χ4v) is 3.86. The minimum Gasteiger partial charge on any atom is -0.377 e. The smallest absolute Gasteiger partial charge is 0.243 e. The molecule has 2 aromatic rings. The lowest BCUT2D eigenvalue weighted by Gasteiger charge is -2.24. The second kappa shape index (κ2) is 7.30. The Hall–Kier alpha value is -2.66. The Labute approximate surface area is 152 Å². The molecule has 3 heterocycles. The molecule has 1 atom stereocenters. The molecule has 0 fully saturated rings. The minimum absolute atomic E-state index is 0.106. The van der Waals surface area contributed by atoms with Crippen molar-refractivity contribution in [2.45, 2.75) is 31.7 Å². The molecule has 0 spiro atoms. The molecule has 0 aromatic carbocycles. The number of nitrogens with one attached hydrogen (secondary N) is 2. The van der Waals surface area contributed by atoms with Gasteiger partial charge in [-0.3, -0.25) is 4.79 Å². The van der Waals surface area contributed by atoms with Crippen molar-refractivity contribution in [1.82, 2.24) is 15.3 Å². The molecule has 2 aromatic heterocycles. The zero-order chi connectivity index (χ0) is 17.9. The summed E-state index contributed by atoms with van der Waals surface area (Å²) in [5.74, 6) is -0.106. The number of nitrogens with zero attached hydrogens (tertiary/aromatic N) is 1. The maximum absolute atomic E-state index is 11.7. The Morgan fingerprint density at radius 2 is 2.27 bits per heavy atom. The van der Waals surface area contributed by atoms with Crippen LogP contribution in [0.4, 0.5) is 0 Å². The van der Waals surface area contributed by atoms with Crippen molar-refractivity contribution in [3.63, 3.8) is 0 Å². The highest BCUT2D eigenvalue weighted by Crippen LogP contribution is 2.36. The summed E-state index contributed by atoms with van der Waals surface area (Å²) < 4.78 is 5.46. The average Bonchev–Trinajstić information content (AvgIpc) is 3.13. The van der Waals surface area contributed by atoms with E-state index in [0.717, 1.165) is 37.9 Å². The number of H-pyrrole nitrogens is 1. The molecule has 0 bridgehead atoms. The fraction of sp³-hybridized carbons (Fsp3) is 0.333. The van der Waals surface area contributed by atoms with Gasteiger partial charge in [0.15, 0.2) is 0 Å². The molecule has 2 aliphatic rings. The van der Waals surface area contributed by atoms with E-state index in [2.05, 4.69) is 46.3 Å². The van der Waals surface area contributed by atoms with Gasteiger partial charge in [-0.25, -0.2) is 4.98 Å². The normalized spacial score (nSPS) is 20.4. The van der Waals surface area contributed by atoms with Crippen molar-refractivity contribution in [1.29, 1.82) is 0 Å². The summed E-state index contributed by atoms with van der Waals surface area (Å²) in [5.41, 5.74) is 5.90. The molecular formula is C21H23N3O2. The second-order valence-corrected chi connectivity index (χ2v) is 6.76. The number of amides is 1. The zero-order valence-corrected chi connectivity index (χ0v) is 14.8. The third-order valence-corrected chi connectivity index (χ3v) is 5.13. The second-order valence-electron chi connectivity index (χ2n) is 6.76. The maximum Gasteiger partial charge on any atom is 0.243 e. The van der Waals surface area contributed by atoms with Crippen LogP contribution in [0.25, 0.3) is 22.2 Å². The number of ether oxygens (including phenoxy) is 1. The highest BCUT2D eigenvalue weighted by Gasteiger charge is 2.21. The van der Waals surface area contributed by atoms with Crippen LogP contribution in [0, 0.1) is 0 Å². The molecule has 1 aliphatic heterocycles. The number of pyridine rings is 1. The van der Waals surface area contributed by atoms with Crippen molar-refractivity contribution in [2.24, 2.45) is 0 Å². The first-order valence-corrected chi connectivity index (χ1v) is 9.12. The first-order chi connectivity index (χ1) is 12.8. The third-order valence-electron chi connectivity index (χ3n) is 5.13. The van der Waals surface area contributed by atoms with Crippen molar-refractivity contribution >= 4 is 28.1 Å². The molecule has 0 saturated carbocycles. The number of aromatic amines is 1. The maximum atomic E-state index is 11.7. The summed E-state index contributed by atoms with van der Waals surface area (Å²) in [7, 11) is 0. The van der Waals surface area contributed by atoms with Crippen LogP contribution in [-0.4, -0.2) is 35.1 Å². The SMILES string of the molecule is C=CC(=O)NC1CCC=C(c2ccnc3[nH]cc(C4=CCOCC4)c23)C1. The van der Waals surface area contributed by atoms with Gasteiger partial charge in [0.05, 0.1) is 13.2 Å². The van der Waals surface area contributed by atoms with Crippen LogP contribution in [0.5, 0.6) is 0 Å². The number of carbonyl (C=O) groups excluding carboxylic acids is 1. The molecule has 134 valence electrons. The Morgan fingerprint density at radius 3 is 3.08 bits per heavy atom. The predicted octanol–water partition coefficient (Wildman–Crippen LogP) is 3.60. The van der Waals surface area contributed by atoms with E-state index in [4.69, 9.17) is 4.74 Å². The summed E-state index contributed by atoms with van der Waals surface area (Å²) in [5, 5.41) is 4.21. The molecule has 0 saturated heterocycles. The first kappa shape index (κ1) is 16.8. The number of allylic oxidation sites excluding steroid dienone is 1. The van der Waals surface area contributed by atoms with E-state index in [1.54, 1.807) is 0 Å². The van der Waals surface area contributed by atoms with Crippen molar-refractivity contribution in [3.8, 4) is 0 Å². The average molecular weight is 349 g/mol. The molecule has 0 radical (unpaired) electrons. The van der Waals surface area contributed by atoms with Gasteiger partial charge >= 0.3 is 0 Å². The summed E-state index contributed by atoms with van der Waals surface area (Å²) >= 11 is 0. The number of aromatic nitrogens is 2. The van der Waals surface area contributed by atoms with Crippen LogP contribution in [0.15, 0.2) is 43.3 Å². The minimum atomic E-state index is -0.106. The Kier molecular flexibility index (Phi) is 4.71. The third kappa shape index (κ3) is 3.22. The molecule has 1 unspecified atom stereocenters. The molecule has 1 aliphatic carbocycles. The monoisotopic (exact) mass is 349 g/mol. The van der Waals surface area contributed by atoms with Gasteiger partial charge in [0, 0.05) is 29.4 Å². The molecule has 26 heavy (non-hydrogen) atoms. The largest absolute Gasteiger partial charge is 0.377 e. The van der Waals surface area contributed by atoms with Gasteiger partial charge < -0.3 is 15.0 Å². The van der Waals surface area contributed by atoms with Crippen LogP contribution >= 0.6 is 0 Å². The van der Waals surface area contributed by atoms with Crippen LogP contribution in [0.1, 0.15) is 36.8 Å². The number of fused-ring (bicyclic) bond motifs is 1. The first-order valence-electron chi connectivity index (χ1n) is 9.12. The Balaban J connectivity index is 1.71. The summed E-state index contributed by atoms with van der Waals surface area (Å²) in [6, 6.07) is 2.23. The van der Waals surface area contributed by atoms with Crippen LogP contribution < -0.4 is 5.32 Å². The van der Waals surface area contributed by atoms with Crippen molar-refractivity contribution < 1.29 is 9.53 Å². The van der Waals surface area contributed by atoms with Gasteiger partial charge in [0.25, 0.3) is 0 Å². The highest BCUT2D eigenvalue weighted by atomic mass is 16.5. The van der Waals surface area contributed by atoms with E-state index in [1.807, 2.05) is 6.20 Å². The van der Waals surface area contributed by atoms with Crippen LogP contribution in [0.2, 0.25) is 0 Å². The quantitative estimate of drug-likeness (QED) is 0.829. The fourth-order valence-electron chi connectivity index (χ4n) is 3.86. The van der Waals surface area contributed by atoms with Crippen molar-refractivity contribution in [2.75, 3.05) is 13.2 Å². The lowest BCUT2D eigenvalue weighted by atomic mass is 9.87. The Morgan fingerprint density at radius 1 is 1.35 bits per heavy atom. The molecule has 5 nitrogen and oxygen atoms in total. The van der Waals surface area contributed by atoms with Crippen LogP contribution in [-0.2, 0) is 9.53 Å². The molecular weight excluding hydrogens is 326 g/mol. The molecule has 1 amide bonds. The summed E-state index contributed by atoms with van der Waals surface area (Å²) in [4.78, 5) is 19.5. The lowest BCUT2D eigenvalue weighted by molar-refractivity contribution is -0.117.